The lowest BCUT2D eigenvalue weighted by molar-refractivity contribution is -0.138. The SMILES string of the molecule is CCOC(=O)C1=C(N)n2c(oc(=Cc3cccc(OC)c3)c2=S)=C(C(=O)OC)C1c1cccc(OCC)c1. The number of hydrogen-bond acceptors (Lipinski definition) is 9. The summed E-state index contributed by atoms with van der Waals surface area (Å²) >= 11 is 5.70. The molecular weight excluding hydrogens is 508 g/mol. The van der Waals surface area contributed by atoms with Crippen molar-refractivity contribution in [3.63, 3.8) is 0 Å². The van der Waals surface area contributed by atoms with Gasteiger partial charge in [0.15, 0.2) is 10.1 Å². The van der Waals surface area contributed by atoms with Crippen LogP contribution in [0, 0.1) is 4.64 Å². The van der Waals surface area contributed by atoms with Crippen molar-refractivity contribution in [1.82, 2.24) is 4.57 Å². The molecule has 38 heavy (non-hydrogen) atoms. The fraction of sp³-hybridized carbons (Fsp3) is 0.250. The maximum absolute atomic E-state index is 13.3. The summed E-state index contributed by atoms with van der Waals surface area (Å²) in [5.41, 5.74) is 8.32. The Morgan fingerprint density at radius 3 is 2.45 bits per heavy atom. The first kappa shape index (κ1) is 26.7. The largest absolute Gasteiger partial charge is 0.497 e. The summed E-state index contributed by atoms with van der Waals surface area (Å²) in [6.45, 7) is 4.08. The molecule has 0 amide bonds. The number of nitrogens with zero attached hydrogens (tertiary/aromatic N) is 1. The maximum atomic E-state index is 13.3. The Morgan fingerprint density at radius 1 is 1.03 bits per heavy atom. The van der Waals surface area contributed by atoms with Gasteiger partial charge in [0.25, 0.3) is 0 Å². The Labute approximate surface area is 224 Å². The quantitative estimate of drug-likeness (QED) is 0.343. The highest BCUT2D eigenvalue weighted by Crippen LogP contribution is 2.39. The molecule has 198 valence electrons. The molecule has 0 radical (unpaired) electrons. The molecule has 4 rings (SSSR count). The average molecular weight is 537 g/mol. The van der Waals surface area contributed by atoms with Gasteiger partial charge in [0.2, 0.25) is 5.55 Å². The van der Waals surface area contributed by atoms with Gasteiger partial charge in [0, 0.05) is 0 Å². The van der Waals surface area contributed by atoms with E-state index in [1.807, 2.05) is 25.1 Å². The van der Waals surface area contributed by atoms with Crippen LogP contribution in [0.5, 0.6) is 11.5 Å². The van der Waals surface area contributed by atoms with Crippen LogP contribution in [0.3, 0.4) is 0 Å². The van der Waals surface area contributed by atoms with Gasteiger partial charge in [-0.15, -0.1) is 0 Å². The van der Waals surface area contributed by atoms with Crippen molar-refractivity contribution in [3.05, 3.63) is 80.8 Å². The van der Waals surface area contributed by atoms with Crippen LogP contribution in [0.1, 0.15) is 30.9 Å². The van der Waals surface area contributed by atoms with E-state index in [4.69, 9.17) is 41.3 Å². The highest BCUT2D eigenvalue weighted by Gasteiger charge is 2.40. The second-order valence-electron chi connectivity index (χ2n) is 8.20. The van der Waals surface area contributed by atoms with E-state index < -0.39 is 17.9 Å². The van der Waals surface area contributed by atoms with Gasteiger partial charge in [-0.3, -0.25) is 4.57 Å². The van der Waals surface area contributed by atoms with Crippen LogP contribution in [0.25, 0.3) is 17.5 Å². The van der Waals surface area contributed by atoms with Gasteiger partial charge in [-0.25, -0.2) is 9.59 Å². The number of oxazole rings is 1. The Morgan fingerprint density at radius 2 is 1.76 bits per heavy atom. The number of fused-ring (bicyclic) bond motifs is 1. The average Bonchev–Trinajstić information content (AvgIpc) is 3.24. The van der Waals surface area contributed by atoms with Crippen LogP contribution >= 0.6 is 12.2 Å². The molecule has 1 aliphatic rings. The van der Waals surface area contributed by atoms with Gasteiger partial charge in [0.1, 0.15) is 22.9 Å². The number of benzene rings is 2. The Hall–Kier alpha value is -4.31. The van der Waals surface area contributed by atoms with E-state index in [0.717, 1.165) is 5.56 Å². The fourth-order valence-corrected chi connectivity index (χ4v) is 4.61. The molecule has 10 heteroatoms. The van der Waals surface area contributed by atoms with Gasteiger partial charge in [-0.2, -0.15) is 0 Å². The van der Waals surface area contributed by atoms with E-state index >= 15 is 0 Å². The lowest BCUT2D eigenvalue weighted by atomic mass is 9.83. The molecule has 0 bridgehead atoms. The number of carbonyl (C=O) groups excluding carboxylic acids is 2. The minimum absolute atomic E-state index is 0.00282. The van der Waals surface area contributed by atoms with Crippen LogP contribution in [0.2, 0.25) is 0 Å². The summed E-state index contributed by atoms with van der Waals surface area (Å²) < 4.78 is 29.2. The number of methoxy groups -OCH3 is 2. The molecule has 0 spiro atoms. The predicted molar refractivity (Wildman–Crippen MR) is 143 cm³/mol. The normalized spacial score (nSPS) is 15.2. The van der Waals surface area contributed by atoms with Gasteiger partial charge >= 0.3 is 11.9 Å². The zero-order chi connectivity index (χ0) is 27.4. The number of carbonyl (C=O) groups is 2. The first-order chi connectivity index (χ1) is 18.3. The molecule has 0 aliphatic carbocycles. The smallest absolute Gasteiger partial charge is 0.340 e. The summed E-state index contributed by atoms with van der Waals surface area (Å²) in [4.78, 5) is 26.6. The number of hydrogen-bond donors (Lipinski definition) is 1. The van der Waals surface area contributed by atoms with Crippen LogP contribution < -0.4 is 26.2 Å². The highest BCUT2D eigenvalue weighted by molar-refractivity contribution is 7.71. The van der Waals surface area contributed by atoms with Crippen molar-refractivity contribution >= 4 is 41.6 Å². The third kappa shape index (κ3) is 4.95. The van der Waals surface area contributed by atoms with Crippen LogP contribution in [0.15, 0.2) is 58.5 Å². The molecule has 0 saturated heterocycles. The van der Waals surface area contributed by atoms with Crippen LogP contribution in [0.4, 0.5) is 0 Å². The summed E-state index contributed by atoms with van der Waals surface area (Å²) in [6, 6.07) is 14.3. The van der Waals surface area contributed by atoms with Crippen molar-refractivity contribution in [1.29, 1.82) is 0 Å². The maximum Gasteiger partial charge on any atom is 0.340 e. The third-order valence-electron chi connectivity index (χ3n) is 5.94. The third-order valence-corrected chi connectivity index (χ3v) is 6.33. The molecule has 3 aromatic rings. The molecule has 2 aromatic carbocycles. The predicted octanol–water partition coefficient (Wildman–Crippen LogP) is 2.86. The van der Waals surface area contributed by atoms with E-state index in [2.05, 4.69) is 0 Å². The van der Waals surface area contributed by atoms with Gasteiger partial charge < -0.3 is 29.1 Å². The lowest BCUT2D eigenvalue weighted by Crippen LogP contribution is -2.37. The number of esters is 2. The van der Waals surface area contributed by atoms with Crippen LogP contribution in [-0.2, 0) is 19.1 Å². The molecule has 1 atom stereocenters. The Kier molecular flexibility index (Phi) is 8.02. The van der Waals surface area contributed by atoms with Crippen molar-refractivity contribution in [2.75, 3.05) is 27.4 Å². The van der Waals surface area contributed by atoms with E-state index in [1.54, 1.807) is 50.4 Å². The van der Waals surface area contributed by atoms with Crippen molar-refractivity contribution in [2.45, 2.75) is 19.8 Å². The van der Waals surface area contributed by atoms with Gasteiger partial charge in [-0.05, 0) is 55.3 Å². The second-order valence-corrected chi connectivity index (χ2v) is 8.58. The van der Waals surface area contributed by atoms with E-state index in [1.165, 1.54) is 11.7 Å². The van der Waals surface area contributed by atoms with Crippen molar-refractivity contribution in [3.8, 4) is 11.5 Å². The minimum Gasteiger partial charge on any atom is -0.497 e. The minimum atomic E-state index is -0.966. The molecule has 1 aliphatic heterocycles. The number of aromatic nitrogens is 1. The lowest BCUT2D eigenvalue weighted by Gasteiger charge is -2.26. The van der Waals surface area contributed by atoms with Gasteiger partial charge in [0.05, 0.1) is 38.9 Å². The summed E-state index contributed by atoms with van der Waals surface area (Å²) in [5.74, 6) is -1.16. The molecule has 1 unspecified atom stereocenters. The number of rotatable bonds is 8. The number of ether oxygens (including phenoxy) is 4. The summed E-state index contributed by atoms with van der Waals surface area (Å²) in [7, 11) is 2.82. The highest BCUT2D eigenvalue weighted by atomic mass is 32.1. The zero-order valence-corrected chi connectivity index (χ0v) is 22.3. The molecule has 2 N–H and O–H groups in total. The molecule has 0 fully saturated rings. The summed E-state index contributed by atoms with van der Waals surface area (Å²) in [6.07, 6.45) is 1.70. The molecular formula is C28H28N2O7S. The number of nitrogens with two attached hydrogens (primary N) is 1. The fourth-order valence-electron chi connectivity index (χ4n) is 4.33. The monoisotopic (exact) mass is 536 g/mol. The first-order valence-corrected chi connectivity index (χ1v) is 12.3. The molecule has 9 nitrogen and oxygen atoms in total. The van der Waals surface area contributed by atoms with Gasteiger partial charge in [-0.1, -0.05) is 36.5 Å². The second kappa shape index (κ2) is 11.4. The Bertz CT molecular complexity index is 1600. The Balaban J connectivity index is 2.09. The molecule has 1 aromatic heterocycles. The van der Waals surface area contributed by atoms with Crippen LogP contribution in [-0.4, -0.2) is 43.9 Å². The topological polar surface area (TPSA) is 115 Å². The van der Waals surface area contributed by atoms with E-state index in [0.29, 0.717) is 23.7 Å². The van der Waals surface area contributed by atoms with Crippen molar-refractivity contribution < 1.29 is 33.0 Å². The molecule has 2 heterocycles. The van der Waals surface area contributed by atoms with E-state index in [9.17, 15) is 9.59 Å². The summed E-state index contributed by atoms with van der Waals surface area (Å²) in [5, 5.41) is 0. The molecule has 0 saturated carbocycles. The zero-order valence-electron chi connectivity index (χ0n) is 21.5. The van der Waals surface area contributed by atoms with E-state index in [-0.39, 0.29) is 39.2 Å². The van der Waals surface area contributed by atoms with Crippen molar-refractivity contribution in [2.24, 2.45) is 5.73 Å². The first-order valence-electron chi connectivity index (χ1n) is 11.9. The standard InChI is InChI=1S/C28H28N2O7S/c1-5-35-19-12-8-10-17(15-19)21-22(28(32)36-6-2)24(29)30-25(23(21)27(31)34-4)37-20(26(30)38)14-16-9-7-11-18(13-16)33-3/h7-15,21H,5-6,29H2,1-4H3.